The molecule has 1 aromatic heterocycles. The van der Waals surface area contributed by atoms with Crippen molar-refractivity contribution >= 4 is 11.8 Å². The van der Waals surface area contributed by atoms with Crippen LogP contribution in [-0.2, 0) is 7.05 Å². The molecule has 0 spiro atoms. The summed E-state index contributed by atoms with van der Waals surface area (Å²) < 4.78 is 7.67. The number of hydrogen-bond acceptors (Lipinski definition) is 4. The number of aryl methyl sites for hydroxylation is 1. The van der Waals surface area contributed by atoms with Crippen LogP contribution in [0.5, 0.6) is 5.75 Å². The van der Waals surface area contributed by atoms with Crippen LogP contribution in [-0.4, -0.2) is 26.5 Å². The zero-order valence-corrected chi connectivity index (χ0v) is 10.8. The standard InChI is InChI=1S/C13H14N2O2S/c1-15-7-6-14-13(15)12(16)10-8-18-11-5-3-2-4-9(11)17-10/h2-7,10,12,16H,8H2,1H3. The zero-order chi connectivity index (χ0) is 12.5. The van der Waals surface area contributed by atoms with Crippen LogP contribution in [0.4, 0.5) is 0 Å². The highest BCUT2D eigenvalue weighted by atomic mass is 32.2. The van der Waals surface area contributed by atoms with Crippen LogP contribution in [0.3, 0.4) is 0 Å². The maximum atomic E-state index is 10.3. The third-order valence-corrected chi connectivity index (χ3v) is 4.15. The van der Waals surface area contributed by atoms with E-state index in [1.54, 1.807) is 18.0 Å². The van der Waals surface area contributed by atoms with E-state index in [2.05, 4.69) is 4.98 Å². The Kier molecular flexibility index (Phi) is 3.01. The van der Waals surface area contributed by atoms with Crippen LogP contribution in [0.25, 0.3) is 0 Å². The summed E-state index contributed by atoms with van der Waals surface area (Å²) in [6, 6.07) is 7.89. The van der Waals surface area contributed by atoms with Crippen LogP contribution in [0, 0.1) is 0 Å². The normalized spacial score (nSPS) is 20.0. The molecule has 0 aliphatic carbocycles. The molecule has 0 radical (unpaired) electrons. The highest BCUT2D eigenvalue weighted by Crippen LogP contribution is 2.37. The van der Waals surface area contributed by atoms with E-state index in [1.165, 1.54) is 0 Å². The Morgan fingerprint density at radius 2 is 2.33 bits per heavy atom. The van der Waals surface area contributed by atoms with Crippen molar-refractivity contribution in [2.24, 2.45) is 7.05 Å². The Morgan fingerprint density at radius 1 is 1.50 bits per heavy atom. The van der Waals surface area contributed by atoms with Gasteiger partial charge in [-0.2, -0.15) is 0 Å². The van der Waals surface area contributed by atoms with Crippen LogP contribution >= 0.6 is 11.8 Å². The molecular weight excluding hydrogens is 248 g/mol. The Balaban J connectivity index is 1.82. The lowest BCUT2D eigenvalue weighted by molar-refractivity contribution is 0.0381. The molecule has 18 heavy (non-hydrogen) atoms. The van der Waals surface area contributed by atoms with Crippen molar-refractivity contribution < 1.29 is 9.84 Å². The number of para-hydroxylation sites is 1. The number of hydrogen-bond donors (Lipinski definition) is 1. The summed E-state index contributed by atoms with van der Waals surface area (Å²) in [5, 5.41) is 10.3. The molecule has 2 aromatic rings. The molecule has 0 saturated heterocycles. The monoisotopic (exact) mass is 262 g/mol. The van der Waals surface area contributed by atoms with Gasteiger partial charge in [0, 0.05) is 30.1 Å². The summed E-state index contributed by atoms with van der Waals surface area (Å²) in [7, 11) is 1.87. The molecule has 1 N–H and O–H groups in total. The number of aromatic nitrogens is 2. The summed E-state index contributed by atoms with van der Waals surface area (Å²) in [5.74, 6) is 2.21. The van der Waals surface area contributed by atoms with Crippen molar-refractivity contribution in [2.75, 3.05) is 5.75 Å². The first kappa shape index (κ1) is 11.6. The van der Waals surface area contributed by atoms with Crippen molar-refractivity contribution in [1.82, 2.24) is 9.55 Å². The third kappa shape index (κ3) is 2.00. The maximum absolute atomic E-state index is 10.3. The number of ether oxygens (including phenoxy) is 1. The molecule has 0 amide bonds. The fourth-order valence-electron chi connectivity index (χ4n) is 2.02. The fourth-order valence-corrected chi connectivity index (χ4v) is 3.05. The fraction of sp³-hybridized carbons (Fsp3) is 0.308. The van der Waals surface area contributed by atoms with E-state index in [-0.39, 0.29) is 6.10 Å². The summed E-state index contributed by atoms with van der Waals surface area (Å²) in [6.45, 7) is 0. The van der Waals surface area contributed by atoms with E-state index in [9.17, 15) is 5.11 Å². The number of aliphatic hydroxyl groups is 1. The first-order chi connectivity index (χ1) is 8.75. The summed E-state index contributed by atoms with van der Waals surface area (Å²) in [4.78, 5) is 5.30. The molecule has 4 nitrogen and oxygen atoms in total. The van der Waals surface area contributed by atoms with Gasteiger partial charge < -0.3 is 14.4 Å². The predicted octanol–water partition coefficient (Wildman–Crippen LogP) is 2.01. The first-order valence-electron chi connectivity index (χ1n) is 5.79. The van der Waals surface area contributed by atoms with Gasteiger partial charge in [-0.15, -0.1) is 11.8 Å². The summed E-state index contributed by atoms with van der Waals surface area (Å²) >= 11 is 1.71. The van der Waals surface area contributed by atoms with Crippen LogP contribution in [0.2, 0.25) is 0 Å². The molecule has 3 rings (SSSR count). The second-order valence-corrected chi connectivity index (χ2v) is 5.32. The van der Waals surface area contributed by atoms with Crippen molar-refractivity contribution in [3.05, 3.63) is 42.5 Å². The summed E-state index contributed by atoms with van der Waals surface area (Å²) in [6.07, 6.45) is 2.54. The van der Waals surface area contributed by atoms with Gasteiger partial charge in [-0.3, -0.25) is 0 Å². The minimum atomic E-state index is -0.703. The quantitative estimate of drug-likeness (QED) is 0.899. The zero-order valence-electron chi connectivity index (χ0n) is 9.98. The second kappa shape index (κ2) is 4.66. The minimum absolute atomic E-state index is 0.258. The molecule has 2 unspecified atom stereocenters. The molecule has 0 fully saturated rings. The largest absolute Gasteiger partial charge is 0.485 e. The van der Waals surface area contributed by atoms with E-state index in [1.807, 2.05) is 42.1 Å². The Morgan fingerprint density at radius 3 is 3.11 bits per heavy atom. The number of imidazole rings is 1. The van der Waals surface area contributed by atoms with Gasteiger partial charge in [0.15, 0.2) is 0 Å². The molecule has 1 aliphatic rings. The molecule has 0 saturated carbocycles. The molecule has 2 atom stereocenters. The Hall–Kier alpha value is -1.46. The predicted molar refractivity (Wildman–Crippen MR) is 69.7 cm³/mol. The lowest BCUT2D eigenvalue weighted by Gasteiger charge is -2.28. The highest BCUT2D eigenvalue weighted by molar-refractivity contribution is 7.99. The van der Waals surface area contributed by atoms with E-state index in [4.69, 9.17) is 4.74 Å². The van der Waals surface area contributed by atoms with Crippen molar-refractivity contribution in [1.29, 1.82) is 0 Å². The highest BCUT2D eigenvalue weighted by Gasteiger charge is 2.29. The van der Waals surface area contributed by atoms with Crippen LogP contribution in [0.15, 0.2) is 41.6 Å². The topological polar surface area (TPSA) is 47.3 Å². The first-order valence-corrected chi connectivity index (χ1v) is 6.78. The number of aliphatic hydroxyl groups excluding tert-OH is 1. The van der Waals surface area contributed by atoms with Crippen molar-refractivity contribution in [3.63, 3.8) is 0 Å². The number of fused-ring (bicyclic) bond motifs is 1. The Bertz CT molecular complexity index is 555. The number of nitrogens with zero attached hydrogens (tertiary/aromatic N) is 2. The third-order valence-electron chi connectivity index (χ3n) is 3.01. The molecule has 2 heterocycles. The molecule has 94 valence electrons. The average Bonchev–Trinajstić information content (AvgIpc) is 2.83. The van der Waals surface area contributed by atoms with Gasteiger partial charge in [0.05, 0.1) is 0 Å². The van der Waals surface area contributed by atoms with Gasteiger partial charge in [-0.1, -0.05) is 12.1 Å². The van der Waals surface area contributed by atoms with Gasteiger partial charge >= 0.3 is 0 Å². The van der Waals surface area contributed by atoms with Gasteiger partial charge in [0.25, 0.3) is 0 Å². The number of thioether (sulfide) groups is 1. The van der Waals surface area contributed by atoms with Crippen LogP contribution < -0.4 is 4.74 Å². The SMILES string of the molecule is Cn1ccnc1C(O)C1CSc2ccccc2O1. The van der Waals surface area contributed by atoms with Gasteiger partial charge in [0.2, 0.25) is 0 Å². The maximum Gasteiger partial charge on any atom is 0.149 e. The number of benzene rings is 1. The molecule has 0 bridgehead atoms. The van der Waals surface area contributed by atoms with E-state index < -0.39 is 6.10 Å². The average molecular weight is 262 g/mol. The van der Waals surface area contributed by atoms with E-state index in [0.717, 1.165) is 16.4 Å². The van der Waals surface area contributed by atoms with Gasteiger partial charge in [-0.25, -0.2) is 4.98 Å². The lowest BCUT2D eigenvalue weighted by atomic mass is 10.2. The smallest absolute Gasteiger partial charge is 0.149 e. The van der Waals surface area contributed by atoms with Crippen molar-refractivity contribution in [3.8, 4) is 5.75 Å². The molecule has 1 aromatic carbocycles. The van der Waals surface area contributed by atoms with Gasteiger partial charge in [-0.05, 0) is 12.1 Å². The van der Waals surface area contributed by atoms with E-state index in [0.29, 0.717) is 5.82 Å². The van der Waals surface area contributed by atoms with E-state index >= 15 is 0 Å². The van der Waals surface area contributed by atoms with Crippen LogP contribution in [0.1, 0.15) is 11.9 Å². The molecule has 5 heteroatoms. The van der Waals surface area contributed by atoms with Crippen molar-refractivity contribution in [2.45, 2.75) is 17.1 Å². The van der Waals surface area contributed by atoms with Gasteiger partial charge in [0.1, 0.15) is 23.8 Å². The molecular formula is C13H14N2O2S. The summed E-state index contributed by atoms with van der Waals surface area (Å²) in [5.41, 5.74) is 0. The number of rotatable bonds is 2. The second-order valence-electron chi connectivity index (χ2n) is 4.26. The molecule has 1 aliphatic heterocycles. The minimum Gasteiger partial charge on any atom is -0.485 e. The lowest BCUT2D eigenvalue weighted by Crippen LogP contribution is -2.31. The Labute approximate surface area is 110 Å².